The van der Waals surface area contributed by atoms with Crippen LogP contribution in [-0.2, 0) is 0 Å². The average Bonchev–Trinajstić information content (AvgIpc) is 2.72. The fourth-order valence-corrected chi connectivity index (χ4v) is 3.59. The van der Waals surface area contributed by atoms with Crippen LogP contribution in [0.25, 0.3) is 0 Å². The van der Waals surface area contributed by atoms with E-state index >= 15 is 0 Å². The Bertz CT molecular complexity index is 805. The predicted molar refractivity (Wildman–Crippen MR) is 137 cm³/mol. The zero-order chi connectivity index (χ0) is 23.6. The maximum Gasteiger partial charge on any atom is 0.128 e. The monoisotopic (exact) mass is 441 g/mol. The van der Waals surface area contributed by atoms with Crippen molar-refractivity contribution < 1.29 is 9.13 Å². The molecule has 2 aromatic carbocycles. The SMILES string of the molecule is Cc1ccc(Nc2ccc(OCCCCCCCCCC(C)(C)C(C)(C)C)cc2)cc1F. The molecule has 0 radical (unpaired) electrons. The van der Waals surface area contributed by atoms with Crippen LogP contribution in [0.3, 0.4) is 0 Å². The molecule has 0 saturated heterocycles. The Morgan fingerprint density at radius 2 is 1.31 bits per heavy atom. The molecule has 178 valence electrons. The molecule has 2 nitrogen and oxygen atoms in total. The molecule has 0 bridgehead atoms. The summed E-state index contributed by atoms with van der Waals surface area (Å²) in [5, 5.41) is 3.22. The van der Waals surface area contributed by atoms with Crippen molar-refractivity contribution in [1.29, 1.82) is 0 Å². The highest BCUT2D eigenvalue weighted by Gasteiger charge is 2.31. The van der Waals surface area contributed by atoms with Crippen LogP contribution in [0.2, 0.25) is 0 Å². The smallest absolute Gasteiger partial charge is 0.128 e. The van der Waals surface area contributed by atoms with E-state index in [9.17, 15) is 4.39 Å². The van der Waals surface area contributed by atoms with Gasteiger partial charge in [-0.15, -0.1) is 0 Å². The summed E-state index contributed by atoms with van der Waals surface area (Å²) < 4.78 is 19.5. The van der Waals surface area contributed by atoms with Crippen molar-refractivity contribution in [3.05, 3.63) is 53.8 Å². The summed E-state index contributed by atoms with van der Waals surface area (Å²) in [5.74, 6) is 0.687. The van der Waals surface area contributed by atoms with Crippen LogP contribution in [0.15, 0.2) is 42.5 Å². The molecule has 0 aromatic heterocycles. The number of benzene rings is 2. The summed E-state index contributed by atoms with van der Waals surface area (Å²) in [4.78, 5) is 0. The van der Waals surface area contributed by atoms with Crippen LogP contribution >= 0.6 is 0 Å². The fraction of sp³-hybridized carbons (Fsp3) is 0.586. The molecule has 0 aliphatic heterocycles. The lowest BCUT2D eigenvalue weighted by Gasteiger charge is -2.39. The van der Waals surface area contributed by atoms with E-state index in [0.29, 0.717) is 16.4 Å². The van der Waals surface area contributed by atoms with E-state index in [4.69, 9.17) is 4.74 Å². The second kappa shape index (κ2) is 12.3. The molecule has 0 fully saturated rings. The van der Waals surface area contributed by atoms with E-state index in [1.54, 1.807) is 13.0 Å². The largest absolute Gasteiger partial charge is 0.494 e. The van der Waals surface area contributed by atoms with E-state index in [0.717, 1.165) is 30.2 Å². The fourth-order valence-electron chi connectivity index (χ4n) is 3.59. The molecule has 0 atom stereocenters. The van der Waals surface area contributed by atoms with Crippen LogP contribution in [0.4, 0.5) is 15.8 Å². The molecule has 32 heavy (non-hydrogen) atoms. The van der Waals surface area contributed by atoms with E-state index < -0.39 is 0 Å². The molecular weight excluding hydrogens is 397 g/mol. The number of hydrogen-bond donors (Lipinski definition) is 1. The summed E-state index contributed by atoms with van der Waals surface area (Å²) in [7, 11) is 0. The third-order valence-electron chi connectivity index (χ3n) is 7.06. The van der Waals surface area contributed by atoms with Gasteiger partial charge in [0.05, 0.1) is 6.61 Å². The third kappa shape index (κ3) is 8.84. The quantitative estimate of drug-likeness (QED) is 0.312. The Balaban J connectivity index is 1.53. The first-order valence-corrected chi connectivity index (χ1v) is 12.3. The second-order valence-corrected chi connectivity index (χ2v) is 10.8. The molecule has 1 N–H and O–H groups in total. The van der Waals surface area contributed by atoms with Crippen molar-refractivity contribution in [1.82, 2.24) is 0 Å². The zero-order valence-corrected chi connectivity index (χ0v) is 21.2. The van der Waals surface area contributed by atoms with Gasteiger partial charge in [-0.3, -0.25) is 0 Å². The van der Waals surface area contributed by atoms with Gasteiger partial charge < -0.3 is 10.1 Å². The Labute approximate surface area is 196 Å². The van der Waals surface area contributed by atoms with Gasteiger partial charge in [0.2, 0.25) is 0 Å². The first kappa shape index (κ1) is 26.2. The summed E-state index contributed by atoms with van der Waals surface area (Å²) in [5.41, 5.74) is 3.12. The van der Waals surface area contributed by atoms with Gasteiger partial charge >= 0.3 is 0 Å². The Morgan fingerprint density at radius 3 is 1.91 bits per heavy atom. The lowest BCUT2D eigenvalue weighted by atomic mass is 9.67. The molecular formula is C29H44FNO. The summed E-state index contributed by atoms with van der Waals surface area (Å²) in [6.07, 6.45) is 10.3. The molecule has 0 amide bonds. The number of halogens is 1. The highest BCUT2D eigenvalue weighted by Crippen LogP contribution is 2.41. The molecule has 2 rings (SSSR count). The standard InChI is InChI=1S/C29H44FNO/c1-23-14-15-25(22-27(23)30)31-24-16-18-26(19-17-24)32-21-13-11-9-7-8-10-12-20-29(5,6)28(2,3)4/h14-19,22,31H,7-13,20-21H2,1-6H3. The second-order valence-electron chi connectivity index (χ2n) is 10.8. The maximum atomic E-state index is 13.7. The van der Waals surface area contributed by atoms with E-state index in [2.05, 4.69) is 39.9 Å². The first-order valence-electron chi connectivity index (χ1n) is 12.3. The normalized spacial score (nSPS) is 12.1. The van der Waals surface area contributed by atoms with Gasteiger partial charge in [0, 0.05) is 11.4 Å². The number of rotatable bonds is 13. The van der Waals surface area contributed by atoms with E-state index in [1.165, 1.54) is 51.0 Å². The van der Waals surface area contributed by atoms with Crippen molar-refractivity contribution in [2.75, 3.05) is 11.9 Å². The minimum absolute atomic E-state index is 0.195. The molecule has 0 saturated carbocycles. The van der Waals surface area contributed by atoms with E-state index in [1.807, 2.05) is 30.3 Å². The summed E-state index contributed by atoms with van der Waals surface area (Å²) in [6.45, 7) is 14.4. The Kier molecular flexibility index (Phi) is 10.1. The first-order chi connectivity index (χ1) is 15.1. The Morgan fingerprint density at radius 1 is 0.750 bits per heavy atom. The van der Waals surface area contributed by atoms with E-state index in [-0.39, 0.29) is 5.82 Å². The van der Waals surface area contributed by atoms with Crippen molar-refractivity contribution in [2.24, 2.45) is 10.8 Å². The number of nitrogens with one attached hydrogen (secondary N) is 1. The van der Waals surface area contributed by atoms with Gasteiger partial charge in [-0.05, 0) is 72.6 Å². The maximum absolute atomic E-state index is 13.7. The molecule has 0 aliphatic carbocycles. The van der Waals surface area contributed by atoms with Crippen LogP contribution < -0.4 is 10.1 Å². The van der Waals surface area contributed by atoms with Gasteiger partial charge in [-0.1, -0.05) is 79.2 Å². The third-order valence-corrected chi connectivity index (χ3v) is 7.06. The molecule has 3 heteroatoms. The molecule has 0 aliphatic rings. The number of hydrogen-bond acceptors (Lipinski definition) is 2. The molecule has 0 spiro atoms. The molecule has 0 unspecified atom stereocenters. The number of anilines is 2. The highest BCUT2D eigenvalue weighted by atomic mass is 19.1. The van der Waals surface area contributed by atoms with Crippen LogP contribution in [0.1, 0.15) is 91.5 Å². The summed E-state index contributed by atoms with van der Waals surface area (Å²) >= 11 is 0. The number of ether oxygens (including phenoxy) is 1. The minimum atomic E-state index is -0.195. The van der Waals surface area contributed by atoms with Crippen molar-refractivity contribution in [3.8, 4) is 5.75 Å². The number of aryl methyl sites for hydroxylation is 1. The van der Waals surface area contributed by atoms with Crippen molar-refractivity contribution in [3.63, 3.8) is 0 Å². The highest BCUT2D eigenvalue weighted by molar-refractivity contribution is 5.60. The van der Waals surface area contributed by atoms with Crippen molar-refractivity contribution >= 4 is 11.4 Å². The lowest BCUT2D eigenvalue weighted by Crippen LogP contribution is -2.29. The molecule has 2 aromatic rings. The minimum Gasteiger partial charge on any atom is -0.494 e. The Hall–Kier alpha value is -2.03. The van der Waals surface area contributed by atoms with Gasteiger partial charge in [0.25, 0.3) is 0 Å². The predicted octanol–water partition coefficient (Wildman–Crippen LogP) is 9.45. The van der Waals surface area contributed by atoms with Gasteiger partial charge in [-0.2, -0.15) is 0 Å². The lowest BCUT2D eigenvalue weighted by molar-refractivity contribution is 0.115. The summed E-state index contributed by atoms with van der Waals surface area (Å²) in [6, 6.07) is 13.0. The van der Waals surface area contributed by atoms with Crippen LogP contribution in [0.5, 0.6) is 5.75 Å². The van der Waals surface area contributed by atoms with Gasteiger partial charge in [0.1, 0.15) is 11.6 Å². The zero-order valence-electron chi connectivity index (χ0n) is 21.2. The van der Waals surface area contributed by atoms with Crippen LogP contribution in [-0.4, -0.2) is 6.61 Å². The van der Waals surface area contributed by atoms with Crippen LogP contribution in [0, 0.1) is 23.6 Å². The number of unbranched alkanes of at least 4 members (excludes halogenated alkanes) is 6. The van der Waals surface area contributed by atoms with Crippen molar-refractivity contribution in [2.45, 2.75) is 92.9 Å². The topological polar surface area (TPSA) is 21.3 Å². The van der Waals surface area contributed by atoms with Gasteiger partial charge in [0.15, 0.2) is 0 Å². The molecule has 0 heterocycles. The average molecular weight is 442 g/mol. The van der Waals surface area contributed by atoms with Gasteiger partial charge in [-0.25, -0.2) is 4.39 Å².